The summed E-state index contributed by atoms with van der Waals surface area (Å²) in [6.07, 6.45) is 0.295. The SMILES string of the molecule is Cc1ccc(Oc2nc3c(c(=O)n(CCCN=O)c(=O)n3C)n2Cc2ccccc2)cc1. The molecule has 164 valence electrons. The maximum Gasteiger partial charge on any atom is 0.332 e. The normalized spacial score (nSPS) is 11.1. The molecule has 2 aromatic heterocycles. The van der Waals surface area contributed by atoms with Crippen molar-refractivity contribution in [2.75, 3.05) is 6.54 Å². The van der Waals surface area contributed by atoms with Gasteiger partial charge in [0.15, 0.2) is 11.2 Å². The van der Waals surface area contributed by atoms with Crippen LogP contribution < -0.4 is 16.0 Å². The van der Waals surface area contributed by atoms with Crippen LogP contribution in [0.1, 0.15) is 17.5 Å². The van der Waals surface area contributed by atoms with Gasteiger partial charge in [0.25, 0.3) is 5.56 Å². The Bertz CT molecular complexity index is 1370. The van der Waals surface area contributed by atoms with Crippen molar-refractivity contribution in [3.05, 3.63) is 91.5 Å². The maximum absolute atomic E-state index is 13.3. The predicted octanol–water partition coefficient (Wildman–Crippen LogP) is 3.20. The summed E-state index contributed by atoms with van der Waals surface area (Å²) in [6.45, 7) is 2.44. The van der Waals surface area contributed by atoms with Gasteiger partial charge in [-0.1, -0.05) is 53.2 Å². The number of aromatic nitrogens is 4. The summed E-state index contributed by atoms with van der Waals surface area (Å²) >= 11 is 0. The van der Waals surface area contributed by atoms with Gasteiger partial charge in [-0.25, -0.2) is 4.79 Å². The van der Waals surface area contributed by atoms with Crippen LogP contribution in [0, 0.1) is 11.8 Å². The lowest BCUT2D eigenvalue weighted by Gasteiger charge is -2.11. The number of fused-ring (bicyclic) bond motifs is 1. The minimum absolute atomic E-state index is 0.0265. The fourth-order valence-corrected chi connectivity index (χ4v) is 3.54. The van der Waals surface area contributed by atoms with Crippen molar-refractivity contribution >= 4 is 11.2 Å². The van der Waals surface area contributed by atoms with Crippen LogP contribution in [-0.4, -0.2) is 25.2 Å². The summed E-state index contributed by atoms with van der Waals surface area (Å²) in [6, 6.07) is 17.3. The molecule has 2 aromatic carbocycles. The van der Waals surface area contributed by atoms with E-state index < -0.39 is 11.2 Å². The molecule has 0 atom stereocenters. The first-order valence-corrected chi connectivity index (χ1v) is 10.3. The lowest BCUT2D eigenvalue weighted by Crippen LogP contribution is -2.39. The van der Waals surface area contributed by atoms with Crippen molar-refractivity contribution in [2.45, 2.75) is 26.4 Å². The number of nitrogens with zero attached hydrogens (tertiary/aromatic N) is 5. The largest absolute Gasteiger partial charge is 0.425 e. The number of aryl methyl sites for hydroxylation is 2. The summed E-state index contributed by atoms with van der Waals surface area (Å²) < 4.78 is 10.2. The van der Waals surface area contributed by atoms with Crippen molar-refractivity contribution in [3.8, 4) is 11.8 Å². The summed E-state index contributed by atoms with van der Waals surface area (Å²) in [7, 11) is 1.56. The van der Waals surface area contributed by atoms with Gasteiger partial charge in [0.05, 0.1) is 13.1 Å². The van der Waals surface area contributed by atoms with E-state index in [1.807, 2.05) is 61.5 Å². The molecule has 0 unspecified atom stereocenters. The third kappa shape index (κ3) is 4.09. The number of hydrogen-bond acceptors (Lipinski definition) is 6. The fourth-order valence-electron chi connectivity index (χ4n) is 3.54. The molecule has 0 radical (unpaired) electrons. The van der Waals surface area contributed by atoms with Crippen molar-refractivity contribution in [3.63, 3.8) is 0 Å². The van der Waals surface area contributed by atoms with Crippen LogP contribution in [-0.2, 0) is 20.1 Å². The van der Waals surface area contributed by atoms with Crippen LogP contribution in [0.15, 0.2) is 69.4 Å². The highest BCUT2D eigenvalue weighted by atomic mass is 16.5. The van der Waals surface area contributed by atoms with E-state index in [-0.39, 0.29) is 30.3 Å². The van der Waals surface area contributed by atoms with Crippen molar-refractivity contribution in [1.29, 1.82) is 0 Å². The van der Waals surface area contributed by atoms with E-state index in [0.717, 1.165) is 15.7 Å². The number of nitroso groups, excluding NO2 is 1. The summed E-state index contributed by atoms with van der Waals surface area (Å²) in [5.74, 6) is 0.572. The van der Waals surface area contributed by atoms with E-state index in [2.05, 4.69) is 10.2 Å². The summed E-state index contributed by atoms with van der Waals surface area (Å²) in [5, 5.41) is 2.81. The molecular formula is C23H23N5O4. The molecule has 0 aliphatic carbocycles. The van der Waals surface area contributed by atoms with Crippen LogP contribution in [0.2, 0.25) is 0 Å². The third-order valence-corrected chi connectivity index (χ3v) is 5.24. The molecular weight excluding hydrogens is 410 g/mol. The summed E-state index contributed by atoms with van der Waals surface area (Å²) in [4.78, 5) is 41.1. The van der Waals surface area contributed by atoms with E-state index in [1.54, 1.807) is 11.6 Å². The van der Waals surface area contributed by atoms with Crippen molar-refractivity contribution in [2.24, 2.45) is 12.2 Å². The molecule has 0 aliphatic rings. The van der Waals surface area contributed by atoms with E-state index in [0.29, 0.717) is 18.7 Å². The van der Waals surface area contributed by atoms with Gasteiger partial charge in [-0.15, -0.1) is 0 Å². The lowest BCUT2D eigenvalue weighted by atomic mass is 10.2. The molecule has 0 bridgehead atoms. The zero-order chi connectivity index (χ0) is 22.7. The Morgan fingerprint density at radius 2 is 1.72 bits per heavy atom. The fraction of sp³-hybridized carbons (Fsp3) is 0.261. The first-order chi connectivity index (χ1) is 15.5. The van der Waals surface area contributed by atoms with Crippen molar-refractivity contribution in [1.82, 2.24) is 18.7 Å². The quantitative estimate of drug-likeness (QED) is 0.314. The highest BCUT2D eigenvalue weighted by molar-refractivity contribution is 5.72. The molecule has 0 N–H and O–H groups in total. The van der Waals surface area contributed by atoms with Crippen LogP contribution in [0.3, 0.4) is 0 Å². The topological polar surface area (TPSA) is 100 Å². The zero-order valence-electron chi connectivity index (χ0n) is 17.9. The van der Waals surface area contributed by atoms with Gasteiger partial charge in [-0.05, 0) is 31.0 Å². The Morgan fingerprint density at radius 3 is 2.41 bits per heavy atom. The molecule has 2 heterocycles. The van der Waals surface area contributed by atoms with Crippen LogP contribution in [0.4, 0.5) is 0 Å². The first kappa shape index (κ1) is 21.2. The average Bonchev–Trinajstić information content (AvgIpc) is 3.15. The van der Waals surface area contributed by atoms with E-state index in [1.165, 1.54) is 4.57 Å². The van der Waals surface area contributed by atoms with Gasteiger partial charge >= 0.3 is 11.7 Å². The van der Waals surface area contributed by atoms with Gasteiger partial charge in [0.2, 0.25) is 0 Å². The van der Waals surface area contributed by atoms with Gasteiger partial charge in [-0.3, -0.25) is 18.5 Å². The number of benzene rings is 2. The molecule has 0 aliphatic heterocycles. The van der Waals surface area contributed by atoms with Crippen molar-refractivity contribution < 1.29 is 4.74 Å². The number of ether oxygens (including phenoxy) is 1. The monoisotopic (exact) mass is 433 g/mol. The molecule has 0 amide bonds. The Balaban J connectivity index is 1.90. The number of hydrogen-bond donors (Lipinski definition) is 0. The molecule has 4 aromatic rings. The summed E-state index contributed by atoms with van der Waals surface area (Å²) in [5.41, 5.74) is 1.56. The highest BCUT2D eigenvalue weighted by Gasteiger charge is 2.22. The highest BCUT2D eigenvalue weighted by Crippen LogP contribution is 2.25. The first-order valence-electron chi connectivity index (χ1n) is 10.3. The van der Waals surface area contributed by atoms with Gasteiger partial charge in [-0.2, -0.15) is 9.89 Å². The molecule has 0 saturated carbocycles. The van der Waals surface area contributed by atoms with E-state index >= 15 is 0 Å². The second kappa shape index (κ2) is 9.01. The average molecular weight is 433 g/mol. The second-order valence-corrected chi connectivity index (χ2v) is 7.56. The second-order valence-electron chi connectivity index (χ2n) is 7.56. The van der Waals surface area contributed by atoms with E-state index in [9.17, 15) is 14.5 Å². The lowest BCUT2D eigenvalue weighted by molar-refractivity contribution is 0.421. The predicted molar refractivity (Wildman–Crippen MR) is 121 cm³/mol. The Hall–Kier alpha value is -4.01. The molecule has 32 heavy (non-hydrogen) atoms. The third-order valence-electron chi connectivity index (χ3n) is 5.24. The maximum atomic E-state index is 13.3. The Kier molecular flexibility index (Phi) is 5.98. The minimum atomic E-state index is -0.500. The molecule has 0 spiro atoms. The molecule has 9 heteroatoms. The Labute approximate surface area is 183 Å². The van der Waals surface area contributed by atoms with Crippen LogP contribution >= 0.6 is 0 Å². The number of rotatable bonds is 8. The molecule has 4 rings (SSSR count). The minimum Gasteiger partial charge on any atom is -0.425 e. The zero-order valence-corrected chi connectivity index (χ0v) is 17.9. The van der Waals surface area contributed by atoms with Gasteiger partial charge in [0.1, 0.15) is 5.75 Å². The van der Waals surface area contributed by atoms with Gasteiger partial charge < -0.3 is 4.74 Å². The standard InChI is InChI=1S/C23H23N5O4/c1-16-9-11-18(12-10-16)32-22-25-20-19(28(22)15-17-7-4-3-5-8-17)21(29)27(14-6-13-24-31)23(30)26(20)2/h3-5,7-12H,6,13-15H2,1-2H3. The van der Waals surface area contributed by atoms with Gasteiger partial charge in [0, 0.05) is 13.6 Å². The number of imidazole rings is 1. The van der Waals surface area contributed by atoms with E-state index in [4.69, 9.17) is 4.74 Å². The van der Waals surface area contributed by atoms with Crippen LogP contribution in [0.5, 0.6) is 11.8 Å². The molecule has 0 saturated heterocycles. The van der Waals surface area contributed by atoms with Crippen LogP contribution in [0.25, 0.3) is 11.2 Å². The molecule has 0 fully saturated rings. The molecule has 9 nitrogen and oxygen atoms in total. The smallest absolute Gasteiger partial charge is 0.332 e. The Morgan fingerprint density at radius 1 is 1.00 bits per heavy atom.